The third-order valence-electron chi connectivity index (χ3n) is 2.16. The quantitative estimate of drug-likeness (QED) is 0.818. The normalized spacial score (nSPS) is 11.5. The number of nitrogens with zero attached hydrogens (tertiary/aromatic N) is 1. The van der Waals surface area contributed by atoms with Crippen LogP contribution in [0.4, 0.5) is 5.69 Å². The van der Waals surface area contributed by atoms with Crippen LogP contribution in [0.15, 0.2) is 24.3 Å². The lowest BCUT2D eigenvalue weighted by atomic mass is 10.1. The van der Waals surface area contributed by atoms with Crippen LogP contribution in [0.3, 0.4) is 0 Å². The molecule has 0 heterocycles. The van der Waals surface area contributed by atoms with Gasteiger partial charge in [0.05, 0.1) is 6.07 Å². The molecule has 1 N–H and O–H groups in total. The average Bonchev–Trinajstić information content (AvgIpc) is 2.22. The Labute approximate surface area is 89.7 Å². The minimum atomic E-state index is -0.267. The summed E-state index contributed by atoms with van der Waals surface area (Å²) in [5, 5.41) is 11.2. The molecule has 3 nitrogen and oxygen atoms in total. The van der Waals surface area contributed by atoms with Crippen molar-refractivity contribution in [2.75, 3.05) is 5.32 Å². The van der Waals surface area contributed by atoms with Crippen molar-refractivity contribution < 1.29 is 4.79 Å². The Balaban J connectivity index is 2.59. The Hall–Kier alpha value is -1.82. The van der Waals surface area contributed by atoms with Gasteiger partial charge in [0.25, 0.3) is 0 Å². The summed E-state index contributed by atoms with van der Waals surface area (Å²) in [6.45, 7) is 3.73. The molecule has 1 aromatic rings. The molecule has 0 aliphatic rings. The van der Waals surface area contributed by atoms with Crippen LogP contribution >= 0.6 is 0 Å². The molecule has 0 fully saturated rings. The van der Waals surface area contributed by atoms with Gasteiger partial charge in [0, 0.05) is 18.0 Å². The van der Waals surface area contributed by atoms with Crippen LogP contribution in [0.1, 0.15) is 18.9 Å². The third kappa shape index (κ3) is 3.43. The number of aryl methyl sites for hydroxylation is 1. The van der Waals surface area contributed by atoms with Crippen molar-refractivity contribution in [3.63, 3.8) is 0 Å². The highest BCUT2D eigenvalue weighted by molar-refractivity contribution is 5.92. The number of carbonyl (C=O) groups excluding carboxylic acids is 1. The molecule has 1 atom stereocenters. The van der Waals surface area contributed by atoms with Gasteiger partial charge in [0.15, 0.2) is 0 Å². The van der Waals surface area contributed by atoms with Crippen LogP contribution in [-0.2, 0) is 4.79 Å². The van der Waals surface area contributed by atoms with Crippen LogP contribution in [0.2, 0.25) is 0 Å². The highest BCUT2D eigenvalue weighted by atomic mass is 16.1. The second-order valence-electron chi connectivity index (χ2n) is 3.62. The van der Waals surface area contributed by atoms with Gasteiger partial charge in [0.1, 0.15) is 0 Å². The number of nitrogens with one attached hydrogen (secondary N) is 1. The van der Waals surface area contributed by atoms with Crippen molar-refractivity contribution in [1.29, 1.82) is 5.26 Å². The molecule has 0 aromatic heterocycles. The lowest BCUT2D eigenvalue weighted by Gasteiger charge is -2.08. The topological polar surface area (TPSA) is 52.9 Å². The van der Waals surface area contributed by atoms with Gasteiger partial charge in [-0.2, -0.15) is 5.26 Å². The van der Waals surface area contributed by atoms with Gasteiger partial charge in [0.2, 0.25) is 5.91 Å². The molecular formula is C12H14N2O. The Morgan fingerprint density at radius 1 is 1.47 bits per heavy atom. The molecule has 1 aromatic carbocycles. The van der Waals surface area contributed by atoms with Gasteiger partial charge in [-0.15, -0.1) is 0 Å². The van der Waals surface area contributed by atoms with E-state index in [2.05, 4.69) is 5.32 Å². The lowest BCUT2D eigenvalue weighted by molar-refractivity contribution is -0.119. The Kier molecular flexibility index (Phi) is 3.87. The third-order valence-corrected chi connectivity index (χ3v) is 2.16. The Morgan fingerprint density at radius 3 is 2.60 bits per heavy atom. The minimum Gasteiger partial charge on any atom is -0.326 e. The first-order chi connectivity index (χ1) is 7.13. The molecule has 0 saturated carbocycles. The number of benzene rings is 1. The molecule has 0 radical (unpaired) electrons. The Morgan fingerprint density at radius 2 is 2.07 bits per heavy atom. The molecule has 78 valence electrons. The summed E-state index contributed by atoms with van der Waals surface area (Å²) in [5.74, 6) is -0.378. The number of carbonyl (C=O) groups is 1. The van der Waals surface area contributed by atoms with E-state index in [4.69, 9.17) is 5.26 Å². The fourth-order valence-electron chi connectivity index (χ4n) is 1.13. The fraction of sp³-hybridized carbons (Fsp3) is 0.333. The molecule has 0 spiro atoms. The Bertz CT molecular complexity index is 376. The van der Waals surface area contributed by atoms with Crippen molar-refractivity contribution in [3.05, 3.63) is 29.8 Å². The van der Waals surface area contributed by atoms with Gasteiger partial charge in [-0.3, -0.25) is 4.79 Å². The highest BCUT2D eigenvalue weighted by Crippen LogP contribution is 2.11. The van der Waals surface area contributed by atoms with E-state index in [0.29, 0.717) is 0 Å². The summed E-state index contributed by atoms with van der Waals surface area (Å²) in [6, 6.07) is 9.56. The van der Waals surface area contributed by atoms with E-state index >= 15 is 0 Å². The molecule has 0 aliphatic heterocycles. The summed E-state index contributed by atoms with van der Waals surface area (Å²) in [6.07, 6.45) is 0.248. The van der Waals surface area contributed by atoms with E-state index in [1.54, 1.807) is 6.92 Å². The zero-order chi connectivity index (χ0) is 11.3. The molecule has 0 aliphatic carbocycles. The van der Waals surface area contributed by atoms with Gasteiger partial charge in [-0.25, -0.2) is 0 Å². The van der Waals surface area contributed by atoms with Crippen LogP contribution in [-0.4, -0.2) is 5.91 Å². The van der Waals surface area contributed by atoms with Gasteiger partial charge in [-0.05, 0) is 19.1 Å². The van der Waals surface area contributed by atoms with Crippen LogP contribution in [0, 0.1) is 24.2 Å². The molecule has 15 heavy (non-hydrogen) atoms. The number of amides is 1. The number of hydrogen-bond acceptors (Lipinski definition) is 2. The smallest absolute Gasteiger partial charge is 0.228 e. The predicted octanol–water partition coefficient (Wildman–Crippen LogP) is 2.48. The van der Waals surface area contributed by atoms with Gasteiger partial charge >= 0.3 is 0 Å². The molecule has 1 unspecified atom stereocenters. The second-order valence-corrected chi connectivity index (χ2v) is 3.62. The first kappa shape index (κ1) is 11.3. The number of nitriles is 1. The van der Waals surface area contributed by atoms with E-state index in [1.807, 2.05) is 37.3 Å². The van der Waals surface area contributed by atoms with E-state index in [9.17, 15) is 4.79 Å². The second kappa shape index (κ2) is 5.16. The van der Waals surface area contributed by atoms with Crippen molar-refractivity contribution in [2.45, 2.75) is 20.3 Å². The highest BCUT2D eigenvalue weighted by Gasteiger charge is 2.11. The number of anilines is 1. The maximum absolute atomic E-state index is 11.5. The predicted molar refractivity (Wildman–Crippen MR) is 59.2 cm³/mol. The molecule has 3 heteroatoms. The number of rotatable bonds is 3. The maximum Gasteiger partial charge on any atom is 0.228 e. The van der Waals surface area contributed by atoms with Crippen LogP contribution in [0.5, 0.6) is 0 Å². The fourth-order valence-corrected chi connectivity index (χ4v) is 1.13. The first-order valence-electron chi connectivity index (χ1n) is 4.88. The van der Waals surface area contributed by atoms with E-state index in [1.165, 1.54) is 0 Å². The monoisotopic (exact) mass is 202 g/mol. The van der Waals surface area contributed by atoms with Crippen LogP contribution < -0.4 is 5.32 Å². The zero-order valence-corrected chi connectivity index (χ0v) is 8.95. The van der Waals surface area contributed by atoms with Crippen molar-refractivity contribution in [1.82, 2.24) is 0 Å². The zero-order valence-electron chi connectivity index (χ0n) is 8.95. The summed E-state index contributed by atoms with van der Waals surface area (Å²) in [5.41, 5.74) is 1.92. The molecule has 1 rings (SSSR count). The maximum atomic E-state index is 11.5. The summed E-state index contributed by atoms with van der Waals surface area (Å²) >= 11 is 0. The largest absolute Gasteiger partial charge is 0.326 e. The minimum absolute atomic E-state index is 0.111. The molecular weight excluding hydrogens is 188 g/mol. The van der Waals surface area contributed by atoms with Crippen molar-refractivity contribution in [3.8, 4) is 6.07 Å². The van der Waals surface area contributed by atoms with E-state index in [0.717, 1.165) is 11.3 Å². The van der Waals surface area contributed by atoms with Gasteiger partial charge < -0.3 is 5.32 Å². The standard InChI is InChI=1S/C12H14N2O/c1-9-3-5-11(6-4-9)14-12(15)10(2)7-8-13/h3-6,10H,7H2,1-2H3,(H,14,15). The number of hydrogen-bond donors (Lipinski definition) is 1. The molecule has 0 bridgehead atoms. The summed E-state index contributed by atoms with van der Waals surface area (Å²) in [4.78, 5) is 11.5. The van der Waals surface area contributed by atoms with Gasteiger partial charge in [-0.1, -0.05) is 24.6 Å². The average molecular weight is 202 g/mol. The lowest BCUT2D eigenvalue weighted by Crippen LogP contribution is -2.19. The first-order valence-corrected chi connectivity index (χ1v) is 4.88. The SMILES string of the molecule is Cc1ccc(NC(=O)C(C)CC#N)cc1. The van der Waals surface area contributed by atoms with Crippen molar-refractivity contribution >= 4 is 11.6 Å². The molecule has 1 amide bonds. The summed E-state index contributed by atoms with van der Waals surface area (Å²) in [7, 11) is 0. The van der Waals surface area contributed by atoms with E-state index in [-0.39, 0.29) is 18.2 Å². The van der Waals surface area contributed by atoms with Crippen molar-refractivity contribution in [2.24, 2.45) is 5.92 Å². The van der Waals surface area contributed by atoms with E-state index < -0.39 is 0 Å². The molecule has 0 saturated heterocycles. The van der Waals surface area contributed by atoms with Crippen LogP contribution in [0.25, 0.3) is 0 Å². The summed E-state index contributed by atoms with van der Waals surface area (Å²) < 4.78 is 0.